The van der Waals surface area contributed by atoms with Crippen LogP contribution in [0.15, 0.2) is 59.5 Å². The Kier molecular flexibility index (Phi) is 4.44. The van der Waals surface area contributed by atoms with Gasteiger partial charge in [-0.05, 0) is 54.3 Å². The van der Waals surface area contributed by atoms with E-state index in [-0.39, 0.29) is 5.56 Å². The fourth-order valence-electron chi connectivity index (χ4n) is 2.26. The Balaban J connectivity index is 1.86. The number of rotatable bonds is 4. The van der Waals surface area contributed by atoms with E-state index in [1.165, 1.54) is 4.90 Å². The highest BCUT2D eigenvalue weighted by atomic mass is 32.2. The van der Waals surface area contributed by atoms with Gasteiger partial charge in [-0.25, -0.2) is 9.78 Å². The van der Waals surface area contributed by atoms with Crippen LogP contribution in [0.25, 0.3) is 23.1 Å². The molecule has 0 aliphatic heterocycles. The van der Waals surface area contributed by atoms with Gasteiger partial charge in [0, 0.05) is 10.3 Å². The lowest BCUT2D eigenvalue weighted by molar-refractivity contribution is 0.0697. The maximum Gasteiger partial charge on any atom is 0.335 e. The fourth-order valence-corrected chi connectivity index (χ4v) is 2.67. The third-order valence-corrected chi connectivity index (χ3v) is 4.26. The van der Waals surface area contributed by atoms with Gasteiger partial charge in [0.25, 0.3) is 0 Å². The SMILES string of the molecule is CSc1ccc(/C=C/c2ccc3cc(C(=O)O)ccc3n2)cc1. The van der Waals surface area contributed by atoms with E-state index in [1.807, 2.05) is 24.3 Å². The first-order chi connectivity index (χ1) is 11.2. The number of carboxylic acid groups (broad SMARTS) is 1. The number of fused-ring (bicyclic) bond motifs is 1. The molecule has 0 aliphatic rings. The Morgan fingerprint density at radius 1 is 1.04 bits per heavy atom. The van der Waals surface area contributed by atoms with Crippen LogP contribution in [0.1, 0.15) is 21.6 Å². The lowest BCUT2D eigenvalue weighted by Gasteiger charge is -2.01. The van der Waals surface area contributed by atoms with E-state index in [4.69, 9.17) is 5.11 Å². The molecule has 0 unspecified atom stereocenters. The molecule has 0 saturated heterocycles. The Morgan fingerprint density at radius 3 is 2.52 bits per heavy atom. The van der Waals surface area contributed by atoms with Crippen molar-refractivity contribution in [2.45, 2.75) is 4.90 Å². The minimum absolute atomic E-state index is 0.275. The van der Waals surface area contributed by atoms with Crippen molar-refractivity contribution in [3.63, 3.8) is 0 Å². The van der Waals surface area contributed by atoms with Gasteiger partial charge in [-0.3, -0.25) is 0 Å². The molecule has 23 heavy (non-hydrogen) atoms. The minimum atomic E-state index is -0.926. The van der Waals surface area contributed by atoms with E-state index in [2.05, 4.69) is 35.5 Å². The minimum Gasteiger partial charge on any atom is -0.478 e. The molecule has 0 amide bonds. The largest absolute Gasteiger partial charge is 0.478 e. The molecule has 3 rings (SSSR count). The van der Waals surface area contributed by atoms with Crippen molar-refractivity contribution in [1.82, 2.24) is 4.98 Å². The number of aromatic nitrogens is 1. The number of hydrogen-bond acceptors (Lipinski definition) is 3. The van der Waals surface area contributed by atoms with Crippen molar-refractivity contribution in [3.8, 4) is 0 Å². The molecule has 0 spiro atoms. The van der Waals surface area contributed by atoms with Gasteiger partial charge in [0.05, 0.1) is 16.8 Å². The molecular formula is C19H15NO2S. The number of benzene rings is 2. The summed E-state index contributed by atoms with van der Waals surface area (Å²) in [4.78, 5) is 16.8. The second-order valence-electron chi connectivity index (χ2n) is 5.06. The molecule has 0 atom stereocenters. The van der Waals surface area contributed by atoms with Gasteiger partial charge in [0.2, 0.25) is 0 Å². The molecule has 3 aromatic rings. The van der Waals surface area contributed by atoms with Crippen LogP contribution in [0.4, 0.5) is 0 Å². The molecule has 0 fully saturated rings. The molecule has 1 N–H and O–H groups in total. The van der Waals surface area contributed by atoms with E-state index < -0.39 is 5.97 Å². The first-order valence-electron chi connectivity index (χ1n) is 7.12. The molecule has 0 saturated carbocycles. The zero-order valence-corrected chi connectivity index (χ0v) is 13.4. The number of thioether (sulfide) groups is 1. The topological polar surface area (TPSA) is 50.2 Å². The number of aromatic carboxylic acids is 1. The molecule has 1 heterocycles. The van der Waals surface area contributed by atoms with E-state index in [0.717, 1.165) is 22.2 Å². The third-order valence-electron chi connectivity index (χ3n) is 3.52. The molecule has 1 aromatic heterocycles. The summed E-state index contributed by atoms with van der Waals surface area (Å²) in [5, 5.41) is 9.84. The first kappa shape index (κ1) is 15.3. The zero-order chi connectivity index (χ0) is 16.2. The molecule has 0 aliphatic carbocycles. The van der Waals surface area contributed by atoms with Gasteiger partial charge in [0.15, 0.2) is 0 Å². The van der Waals surface area contributed by atoms with Crippen molar-refractivity contribution < 1.29 is 9.90 Å². The van der Waals surface area contributed by atoms with Gasteiger partial charge < -0.3 is 5.11 Å². The molecular weight excluding hydrogens is 306 g/mol. The summed E-state index contributed by atoms with van der Waals surface area (Å²) in [5.41, 5.74) is 3.02. The van der Waals surface area contributed by atoms with Gasteiger partial charge >= 0.3 is 5.97 Å². The second-order valence-corrected chi connectivity index (χ2v) is 5.93. The molecule has 0 bridgehead atoms. The predicted octanol–water partition coefficient (Wildman–Crippen LogP) is 4.83. The normalized spacial score (nSPS) is 11.2. The van der Waals surface area contributed by atoms with Crippen LogP contribution >= 0.6 is 11.8 Å². The highest BCUT2D eigenvalue weighted by Crippen LogP contribution is 2.18. The summed E-state index contributed by atoms with van der Waals surface area (Å²) in [5.74, 6) is -0.926. The average molecular weight is 321 g/mol. The van der Waals surface area contributed by atoms with E-state index in [0.29, 0.717) is 0 Å². The van der Waals surface area contributed by atoms with E-state index in [1.54, 1.807) is 30.0 Å². The Bertz CT molecular complexity index is 886. The lowest BCUT2D eigenvalue weighted by Crippen LogP contribution is -1.95. The van der Waals surface area contributed by atoms with Crippen LogP contribution in [-0.2, 0) is 0 Å². The van der Waals surface area contributed by atoms with Crippen LogP contribution in [0.5, 0.6) is 0 Å². The van der Waals surface area contributed by atoms with Crippen LogP contribution in [0.2, 0.25) is 0 Å². The molecule has 3 nitrogen and oxygen atoms in total. The van der Waals surface area contributed by atoms with Crippen LogP contribution < -0.4 is 0 Å². The monoisotopic (exact) mass is 321 g/mol. The summed E-state index contributed by atoms with van der Waals surface area (Å²) in [6, 6.07) is 17.1. The van der Waals surface area contributed by atoms with Crippen molar-refractivity contribution in [1.29, 1.82) is 0 Å². The molecule has 114 valence electrons. The van der Waals surface area contributed by atoms with Crippen LogP contribution in [0, 0.1) is 0 Å². The Labute approximate surface area is 138 Å². The number of carboxylic acids is 1. The van der Waals surface area contributed by atoms with Crippen molar-refractivity contribution >= 4 is 40.8 Å². The van der Waals surface area contributed by atoms with Gasteiger partial charge in [-0.1, -0.05) is 24.3 Å². The predicted molar refractivity (Wildman–Crippen MR) is 95.9 cm³/mol. The highest BCUT2D eigenvalue weighted by molar-refractivity contribution is 7.98. The van der Waals surface area contributed by atoms with Gasteiger partial charge in [0.1, 0.15) is 0 Å². The van der Waals surface area contributed by atoms with E-state index in [9.17, 15) is 4.79 Å². The lowest BCUT2D eigenvalue weighted by atomic mass is 10.1. The van der Waals surface area contributed by atoms with Crippen molar-refractivity contribution in [2.24, 2.45) is 0 Å². The zero-order valence-electron chi connectivity index (χ0n) is 12.6. The standard InChI is InChI=1S/C19H15NO2S/c1-23-17-9-3-13(4-10-17)2-7-16-8-5-14-12-15(19(21)22)6-11-18(14)20-16/h2-12H,1H3,(H,21,22)/b7-2+. The molecule has 2 aromatic carbocycles. The molecule has 4 heteroatoms. The summed E-state index contributed by atoms with van der Waals surface area (Å²) in [6.45, 7) is 0. The highest BCUT2D eigenvalue weighted by Gasteiger charge is 2.04. The Hall–Kier alpha value is -2.59. The maximum atomic E-state index is 11.0. The van der Waals surface area contributed by atoms with Gasteiger partial charge in [-0.2, -0.15) is 0 Å². The summed E-state index contributed by atoms with van der Waals surface area (Å²) >= 11 is 1.72. The first-order valence-corrected chi connectivity index (χ1v) is 8.34. The molecule has 0 radical (unpaired) electrons. The second kappa shape index (κ2) is 6.67. The Morgan fingerprint density at radius 2 is 1.83 bits per heavy atom. The van der Waals surface area contributed by atoms with Gasteiger partial charge in [-0.15, -0.1) is 11.8 Å². The quantitative estimate of drug-likeness (QED) is 0.700. The third kappa shape index (κ3) is 3.60. The number of pyridine rings is 1. The number of carbonyl (C=O) groups is 1. The summed E-state index contributed by atoms with van der Waals surface area (Å²) in [6.07, 6.45) is 6.03. The maximum absolute atomic E-state index is 11.0. The van der Waals surface area contributed by atoms with Crippen LogP contribution in [0.3, 0.4) is 0 Å². The smallest absolute Gasteiger partial charge is 0.335 e. The summed E-state index contributed by atoms with van der Waals surface area (Å²) < 4.78 is 0. The fraction of sp³-hybridized carbons (Fsp3) is 0.0526. The number of nitrogens with zero attached hydrogens (tertiary/aromatic N) is 1. The summed E-state index contributed by atoms with van der Waals surface area (Å²) in [7, 11) is 0. The van der Waals surface area contributed by atoms with Crippen molar-refractivity contribution in [2.75, 3.05) is 6.26 Å². The van der Waals surface area contributed by atoms with E-state index >= 15 is 0 Å². The number of hydrogen-bond donors (Lipinski definition) is 1. The van der Waals surface area contributed by atoms with Crippen molar-refractivity contribution in [3.05, 3.63) is 71.4 Å². The van der Waals surface area contributed by atoms with Crippen LogP contribution in [-0.4, -0.2) is 22.3 Å². The average Bonchev–Trinajstić information content (AvgIpc) is 2.59.